The standard InChI is InChI=1S/C25H21FO3/c1-16(2)19-8-6-17(7-9-19)13-24-25(27)22-11-10-21(14-23(22)29-24)28-15-18-4-3-5-20(26)12-18/h3-14,16H,15H2,1-2H3/b24-13-. The number of ether oxygens (including phenoxy) is 2. The molecule has 29 heavy (non-hydrogen) atoms. The highest BCUT2D eigenvalue weighted by molar-refractivity contribution is 6.14. The normalized spacial score (nSPS) is 14.2. The molecule has 3 nitrogen and oxygen atoms in total. The second-order valence-electron chi connectivity index (χ2n) is 7.34. The fourth-order valence-electron chi connectivity index (χ4n) is 3.18. The van der Waals surface area contributed by atoms with E-state index in [1.165, 1.54) is 17.7 Å². The third-order valence-corrected chi connectivity index (χ3v) is 4.84. The molecule has 146 valence electrons. The highest BCUT2D eigenvalue weighted by Gasteiger charge is 2.27. The Bertz CT molecular complexity index is 1080. The largest absolute Gasteiger partial charge is 0.489 e. The molecule has 0 aromatic heterocycles. The monoisotopic (exact) mass is 388 g/mol. The first-order chi connectivity index (χ1) is 14.0. The van der Waals surface area contributed by atoms with Gasteiger partial charge in [-0.3, -0.25) is 4.79 Å². The average Bonchev–Trinajstić information content (AvgIpc) is 3.02. The summed E-state index contributed by atoms with van der Waals surface area (Å²) in [5.74, 6) is 1.32. The molecule has 0 radical (unpaired) electrons. The van der Waals surface area contributed by atoms with Crippen LogP contribution in [0, 0.1) is 5.82 Å². The van der Waals surface area contributed by atoms with E-state index >= 15 is 0 Å². The molecular weight excluding hydrogens is 367 g/mol. The van der Waals surface area contributed by atoms with Gasteiger partial charge in [0.05, 0.1) is 5.56 Å². The van der Waals surface area contributed by atoms with Gasteiger partial charge in [-0.2, -0.15) is 0 Å². The summed E-state index contributed by atoms with van der Waals surface area (Å²) >= 11 is 0. The number of fused-ring (bicyclic) bond motifs is 1. The number of Topliss-reactive ketones (excluding diaryl/α,β-unsaturated/α-hetero) is 1. The molecule has 0 bridgehead atoms. The number of ketones is 1. The minimum Gasteiger partial charge on any atom is -0.489 e. The molecule has 0 aliphatic carbocycles. The topological polar surface area (TPSA) is 35.5 Å². The summed E-state index contributed by atoms with van der Waals surface area (Å²) in [5, 5.41) is 0. The number of hydrogen-bond donors (Lipinski definition) is 0. The van der Waals surface area contributed by atoms with E-state index in [1.807, 2.05) is 12.1 Å². The van der Waals surface area contributed by atoms with Crippen LogP contribution >= 0.6 is 0 Å². The van der Waals surface area contributed by atoms with Crippen LogP contribution in [-0.4, -0.2) is 5.78 Å². The zero-order valence-electron chi connectivity index (χ0n) is 16.3. The van der Waals surface area contributed by atoms with Crippen molar-refractivity contribution in [3.8, 4) is 11.5 Å². The van der Waals surface area contributed by atoms with Crippen molar-refractivity contribution in [3.63, 3.8) is 0 Å². The maximum atomic E-state index is 13.3. The lowest BCUT2D eigenvalue weighted by Crippen LogP contribution is -1.98. The first kappa shape index (κ1) is 18.9. The van der Waals surface area contributed by atoms with Gasteiger partial charge in [-0.25, -0.2) is 4.39 Å². The fourth-order valence-corrected chi connectivity index (χ4v) is 3.18. The maximum absolute atomic E-state index is 13.3. The van der Waals surface area contributed by atoms with Gasteiger partial charge in [0, 0.05) is 6.07 Å². The Hall–Kier alpha value is -3.40. The highest BCUT2D eigenvalue weighted by Crippen LogP contribution is 2.35. The number of rotatable bonds is 5. The number of halogens is 1. The summed E-state index contributed by atoms with van der Waals surface area (Å²) in [7, 11) is 0. The van der Waals surface area contributed by atoms with E-state index in [2.05, 4.69) is 26.0 Å². The summed E-state index contributed by atoms with van der Waals surface area (Å²) < 4.78 is 24.8. The Kier molecular flexibility index (Phi) is 5.17. The van der Waals surface area contributed by atoms with Gasteiger partial charge >= 0.3 is 0 Å². The highest BCUT2D eigenvalue weighted by atomic mass is 19.1. The summed E-state index contributed by atoms with van der Waals surface area (Å²) in [6.07, 6.45) is 1.75. The van der Waals surface area contributed by atoms with Crippen LogP contribution in [0.1, 0.15) is 46.8 Å². The minimum atomic E-state index is -0.301. The van der Waals surface area contributed by atoms with E-state index in [-0.39, 0.29) is 18.2 Å². The van der Waals surface area contributed by atoms with Crippen molar-refractivity contribution in [1.82, 2.24) is 0 Å². The maximum Gasteiger partial charge on any atom is 0.231 e. The number of carbonyl (C=O) groups excluding carboxylic acids is 1. The van der Waals surface area contributed by atoms with E-state index in [1.54, 1.807) is 36.4 Å². The lowest BCUT2D eigenvalue weighted by Gasteiger charge is -2.07. The van der Waals surface area contributed by atoms with Gasteiger partial charge in [-0.15, -0.1) is 0 Å². The second kappa shape index (κ2) is 7.92. The Morgan fingerprint density at radius 1 is 1.03 bits per heavy atom. The molecule has 0 N–H and O–H groups in total. The van der Waals surface area contributed by atoms with E-state index in [0.717, 1.165) is 11.1 Å². The van der Waals surface area contributed by atoms with Crippen LogP contribution in [0.5, 0.6) is 11.5 Å². The van der Waals surface area contributed by atoms with E-state index in [9.17, 15) is 9.18 Å². The Labute approximate surface area is 169 Å². The third-order valence-electron chi connectivity index (χ3n) is 4.84. The summed E-state index contributed by atoms with van der Waals surface area (Å²) in [4.78, 5) is 12.6. The van der Waals surface area contributed by atoms with Crippen molar-refractivity contribution in [1.29, 1.82) is 0 Å². The Balaban J connectivity index is 1.49. The predicted octanol–water partition coefficient (Wildman–Crippen LogP) is 6.14. The molecule has 0 amide bonds. The molecule has 4 heteroatoms. The van der Waals surface area contributed by atoms with Gasteiger partial charge in [0.2, 0.25) is 5.78 Å². The van der Waals surface area contributed by atoms with Gasteiger partial charge in [0.15, 0.2) is 5.76 Å². The van der Waals surface area contributed by atoms with Crippen LogP contribution in [0.4, 0.5) is 4.39 Å². The average molecular weight is 388 g/mol. The molecule has 0 saturated heterocycles. The van der Waals surface area contributed by atoms with Crippen LogP contribution < -0.4 is 9.47 Å². The molecule has 0 fully saturated rings. The fraction of sp³-hybridized carbons (Fsp3) is 0.160. The molecule has 1 aliphatic rings. The summed E-state index contributed by atoms with van der Waals surface area (Å²) in [6, 6.07) is 19.4. The van der Waals surface area contributed by atoms with Gasteiger partial charge < -0.3 is 9.47 Å². The van der Waals surface area contributed by atoms with Gasteiger partial charge in [-0.05, 0) is 52.9 Å². The molecule has 4 rings (SSSR count). The lowest BCUT2D eigenvalue weighted by atomic mass is 10.0. The first-order valence-electron chi connectivity index (χ1n) is 9.55. The third kappa shape index (κ3) is 4.21. The van der Waals surface area contributed by atoms with Crippen LogP contribution in [0.3, 0.4) is 0 Å². The molecule has 0 atom stereocenters. The van der Waals surface area contributed by atoms with Crippen LogP contribution in [-0.2, 0) is 6.61 Å². The summed E-state index contributed by atoms with van der Waals surface area (Å²) in [6.45, 7) is 4.51. The SMILES string of the molecule is CC(C)c1ccc(/C=C2\Oc3cc(OCc4cccc(F)c4)ccc3C2=O)cc1. The molecule has 0 saturated carbocycles. The zero-order valence-corrected chi connectivity index (χ0v) is 16.3. The quantitative estimate of drug-likeness (QED) is 0.492. The van der Waals surface area contributed by atoms with Gasteiger partial charge in [0.1, 0.15) is 23.9 Å². The minimum absolute atomic E-state index is 0.149. The zero-order chi connectivity index (χ0) is 20.4. The van der Waals surface area contributed by atoms with Crippen molar-refractivity contribution in [2.75, 3.05) is 0 Å². The molecule has 3 aromatic carbocycles. The lowest BCUT2D eigenvalue weighted by molar-refractivity contribution is 0.101. The summed E-state index contributed by atoms with van der Waals surface area (Å²) in [5.41, 5.74) is 3.39. The number of benzene rings is 3. The molecule has 3 aromatic rings. The first-order valence-corrected chi connectivity index (χ1v) is 9.55. The van der Waals surface area contributed by atoms with E-state index in [0.29, 0.717) is 28.7 Å². The number of hydrogen-bond acceptors (Lipinski definition) is 3. The van der Waals surface area contributed by atoms with Gasteiger partial charge in [0.25, 0.3) is 0 Å². The molecule has 1 aliphatic heterocycles. The number of carbonyl (C=O) groups is 1. The van der Waals surface area contributed by atoms with Crippen molar-refractivity contribution < 1.29 is 18.7 Å². The number of allylic oxidation sites excluding steroid dienone is 1. The van der Waals surface area contributed by atoms with Crippen LogP contribution in [0.15, 0.2) is 72.5 Å². The van der Waals surface area contributed by atoms with Crippen LogP contribution in [0.25, 0.3) is 6.08 Å². The van der Waals surface area contributed by atoms with Crippen molar-refractivity contribution in [3.05, 3.63) is 101 Å². The molecular formula is C25H21FO3. The Morgan fingerprint density at radius 3 is 2.55 bits per heavy atom. The van der Waals surface area contributed by atoms with Crippen molar-refractivity contribution >= 4 is 11.9 Å². The molecule has 0 spiro atoms. The van der Waals surface area contributed by atoms with Crippen molar-refractivity contribution in [2.24, 2.45) is 0 Å². The molecule has 0 unspecified atom stereocenters. The van der Waals surface area contributed by atoms with E-state index < -0.39 is 0 Å². The smallest absolute Gasteiger partial charge is 0.231 e. The Morgan fingerprint density at radius 2 is 1.83 bits per heavy atom. The van der Waals surface area contributed by atoms with Gasteiger partial charge in [-0.1, -0.05) is 50.2 Å². The second-order valence-corrected chi connectivity index (χ2v) is 7.34. The predicted molar refractivity (Wildman–Crippen MR) is 111 cm³/mol. The van der Waals surface area contributed by atoms with E-state index in [4.69, 9.17) is 9.47 Å². The van der Waals surface area contributed by atoms with Crippen LogP contribution in [0.2, 0.25) is 0 Å². The molecule has 1 heterocycles. The van der Waals surface area contributed by atoms with Crippen molar-refractivity contribution in [2.45, 2.75) is 26.4 Å².